The molecule has 2 atom stereocenters. The Bertz CT molecular complexity index is 316. The highest BCUT2D eigenvalue weighted by molar-refractivity contribution is 5.69. The average Bonchev–Trinajstić information content (AvgIpc) is 3.35. The summed E-state index contributed by atoms with van der Waals surface area (Å²) in [4.78, 5) is 11.2. The first-order valence-corrected chi connectivity index (χ1v) is 11.1. The van der Waals surface area contributed by atoms with Gasteiger partial charge in [-0.3, -0.25) is 4.79 Å². The van der Waals surface area contributed by atoms with Gasteiger partial charge < -0.3 is 9.47 Å². The molecule has 0 bridgehead atoms. The van der Waals surface area contributed by atoms with Crippen molar-refractivity contribution in [1.82, 2.24) is 0 Å². The zero-order valence-corrected chi connectivity index (χ0v) is 16.9. The van der Waals surface area contributed by atoms with Gasteiger partial charge in [0.25, 0.3) is 0 Å². The largest absolute Gasteiger partial charge is 0.466 e. The standard InChI is InChI=1S/C22H42O3/c1-3-5-6-7-10-13-17-20-21(25-20)18-14-11-8-9-12-15-19-24-22(23)16-4-2/h20-21H,3-19H2,1-2H3/t20-,21+/m1/s1. The second kappa shape index (κ2) is 15.7. The van der Waals surface area contributed by atoms with Crippen LogP contribution in [-0.2, 0) is 14.3 Å². The lowest BCUT2D eigenvalue weighted by atomic mass is 10.0. The molecule has 0 amide bonds. The first-order chi connectivity index (χ1) is 12.3. The smallest absolute Gasteiger partial charge is 0.305 e. The number of carbonyl (C=O) groups excluding carboxylic acids is 1. The van der Waals surface area contributed by atoms with E-state index in [0.717, 1.165) is 12.8 Å². The molecule has 1 rings (SSSR count). The number of esters is 1. The molecule has 0 unspecified atom stereocenters. The molecule has 148 valence electrons. The molecule has 0 aliphatic carbocycles. The second-order valence-electron chi connectivity index (χ2n) is 7.65. The van der Waals surface area contributed by atoms with Crippen LogP contribution in [-0.4, -0.2) is 24.8 Å². The van der Waals surface area contributed by atoms with E-state index in [0.29, 0.717) is 25.2 Å². The molecule has 0 aromatic heterocycles. The normalized spacial score (nSPS) is 19.1. The van der Waals surface area contributed by atoms with Gasteiger partial charge in [-0.05, 0) is 25.7 Å². The van der Waals surface area contributed by atoms with Crippen LogP contribution in [0.2, 0.25) is 0 Å². The van der Waals surface area contributed by atoms with Gasteiger partial charge in [0.05, 0.1) is 18.8 Å². The van der Waals surface area contributed by atoms with Gasteiger partial charge in [0.1, 0.15) is 0 Å². The number of rotatable bonds is 18. The number of unbranched alkanes of at least 4 members (excludes halogenated alkanes) is 10. The minimum absolute atomic E-state index is 0.0394. The van der Waals surface area contributed by atoms with Crippen LogP contribution in [0.4, 0.5) is 0 Å². The maximum absolute atomic E-state index is 11.2. The van der Waals surface area contributed by atoms with Gasteiger partial charge in [-0.1, -0.05) is 84.5 Å². The first-order valence-electron chi connectivity index (χ1n) is 11.1. The minimum Gasteiger partial charge on any atom is -0.466 e. The summed E-state index contributed by atoms with van der Waals surface area (Å²) in [6.07, 6.45) is 20.8. The van der Waals surface area contributed by atoms with Crippen LogP contribution < -0.4 is 0 Å². The van der Waals surface area contributed by atoms with Crippen LogP contribution in [0, 0.1) is 0 Å². The van der Waals surface area contributed by atoms with Crippen molar-refractivity contribution in [2.45, 2.75) is 129 Å². The highest BCUT2D eigenvalue weighted by Crippen LogP contribution is 2.31. The van der Waals surface area contributed by atoms with E-state index in [1.54, 1.807) is 0 Å². The molecule has 1 saturated heterocycles. The predicted octanol–water partition coefficient (Wildman–Crippen LogP) is 6.58. The van der Waals surface area contributed by atoms with Gasteiger partial charge in [-0.15, -0.1) is 0 Å². The van der Waals surface area contributed by atoms with E-state index < -0.39 is 0 Å². The fourth-order valence-corrected chi connectivity index (χ4v) is 3.43. The van der Waals surface area contributed by atoms with E-state index in [2.05, 4.69) is 6.92 Å². The number of epoxide rings is 1. The fraction of sp³-hybridized carbons (Fsp3) is 0.955. The zero-order chi connectivity index (χ0) is 18.2. The van der Waals surface area contributed by atoms with Crippen molar-refractivity contribution in [3.63, 3.8) is 0 Å². The van der Waals surface area contributed by atoms with Gasteiger partial charge in [0.15, 0.2) is 0 Å². The summed E-state index contributed by atoms with van der Waals surface area (Å²) >= 11 is 0. The van der Waals surface area contributed by atoms with Gasteiger partial charge in [-0.25, -0.2) is 0 Å². The third kappa shape index (κ3) is 13.3. The summed E-state index contributed by atoms with van der Waals surface area (Å²) in [5, 5.41) is 0. The lowest BCUT2D eigenvalue weighted by Gasteiger charge is -2.04. The first kappa shape index (κ1) is 22.5. The molecule has 3 heteroatoms. The van der Waals surface area contributed by atoms with Gasteiger partial charge >= 0.3 is 5.97 Å². The summed E-state index contributed by atoms with van der Waals surface area (Å²) in [6.45, 7) is 4.88. The summed E-state index contributed by atoms with van der Waals surface area (Å²) in [5.41, 5.74) is 0. The van der Waals surface area contributed by atoms with Crippen molar-refractivity contribution in [2.24, 2.45) is 0 Å². The van der Waals surface area contributed by atoms with Crippen LogP contribution in [0.5, 0.6) is 0 Å². The summed E-state index contributed by atoms with van der Waals surface area (Å²) in [5.74, 6) is -0.0394. The topological polar surface area (TPSA) is 38.8 Å². The molecule has 3 nitrogen and oxygen atoms in total. The number of ether oxygens (including phenoxy) is 2. The van der Waals surface area contributed by atoms with E-state index in [9.17, 15) is 4.79 Å². The van der Waals surface area contributed by atoms with Gasteiger partial charge in [-0.2, -0.15) is 0 Å². The van der Waals surface area contributed by atoms with Gasteiger partial charge in [0, 0.05) is 6.42 Å². The molecule has 0 spiro atoms. The number of hydrogen-bond donors (Lipinski definition) is 0. The van der Waals surface area contributed by atoms with Crippen molar-refractivity contribution in [3.8, 4) is 0 Å². The van der Waals surface area contributed by atoms with E-state index in [1.807, 2.05) is 6.92 Å². The molecular weight excluding hydrogens is 312 g/mol. The van der Waals surface area contributed by atoms with Crippen molar-refractivity contribution < 1.29 is 14.3 Å². The number of hydrogen-bond acceptors (Lipinski definition) is 3. The second-order valence-corrected chi connectivity index (χ2v) is 7.65. The van der Waals surface area contributed by atoms with Crippen LogP contribution >= 0.6 is 0 Å². The molecule has 0 radical (unpaired) electrons. The quantitative estimate of drug-likeness (QED) is 0.158. The Morgan fingerprint density at radius 1 is 0.720 bits per heavy atom. The molecule has 0 saturated carbocycles. The monoisotopic (exact) mass is 354 g/mol. The minimum atomic E-state index is -0.0394. The third-order valence-electron chi connectivity index (χ3n) is 5.13. The van der Waals surface area contributed by atoms with Gasteiger partial charge in [0.2, 0.25) is 0 Å². The van der Waals surface area contributed by atoms with Crippen LogP contribution in [0.1, 0.15) is 117 Å². The molecule has 25 heavy (non-hydrogen) atoms. The Morgan fingerprint density at radius 3 is 1.80 bits per heavy atom. The van der Waals surface area contributed by atoms with Crippen molar-refractivity contribution >= 4 is 5.97 Å². The summed E-state index contributed by atoms with van der Waals surface area (Å²) in [7, 11) is 0. The third-order valence-corrected chi connectivity index (χ3v) is 5.13. The van der Waals surface area contributed by atoms with E-state index in [-0.39, 0.29) is 5.97 Å². The highest BCUT2D eigenvalue weighted by atomic mass is 16.6. The van der Waals surface area contributed by atoms with E-state index >= 15 is 0 Å². The number of carbonyl (C=O) groups is 1. The molecular formula is C22H42O3. The Hall–Kier alpha value is -0.570. The molecule has 1 heterocycles. The molecule has 0 aromatic carbocycles. The molecule has 0 N–H and O–H groups in total. The maximum Gasteiger partial charge on any atom is 0.305 e. The van der Waals surface area contributed by atoms with Crippen molar-refractivity contribution in [1.29, 1.82) is 0 Å². The van der Waals surface area contributed by atoms with Crippen LogP contribution in [0.15, 0.2) is 0 Å². The zero-order valence-electron chi connectivity index (χ0n) is 16.9. The molecule has 1 fully saturated rings. The Labute approximate surface area is 156 Å². The summed E-state index contributed by atoms with van der Waals surface area (Å²) in [6, 6.07) is 0. The fourth-order valence-electron chi connectivity index (χ4n) is 3.43. The lowest BCUT2D eigenvalue weighted by Crippen LogP contribution is -2.04. The summed E-state index contributed by atoms with van der Waals surface area (Å²) < 4.78 is 11.0. The maximum atomic E-state index is 11.2. The Kier molecular flexibility index (Phi) is 14.1. The van der Waals surface area contributed by atoms with Crippen LogP contribution in [0.25, 0.3) is 0 Å². The molecule has 1 aliphatic rings. The SMILES string of the molecule is CCCCCCCC[C@H]1O[C@H]1CCCCCCCCOC(=O)CCC. The van der Waals surface area contributed by atoms with E-state index in [4.69, 9.17) is 9.47 Å². The predicted molar refractivity (Wildman–Crippen MR) is 105 cm³/mol. The van der Waals surface area contributed by atoms with E-state index in [1.165, 1.54) is 83.5 Å². The Morgan fingerprint density at radius 2 is 1.24 bits per heavy atom. The van der Waals surface area contributed by atoms with Crippen LogP contribution in [0.3, 0.4) is 0 Å². The Balaban J connectivity index is 1.75. The molecule has 0 aromatic rings. The average molecular weight is 355 g/mol. The van der Waals surface area contributed by atoms with Crippen molar-refractivity contribution in [3.05, 3.63) is 0 Å². The molecule has 1 aliphatic heterocycles. The van der Waals surface area contributed by atoms with Crippen molar-refractivity contribution in [2.75, 3.05) is 6.61 Å². The highest BCUT2D eigenvalue weighted by Gasteiger charge is 2.36. The lowest BCUT2D eigenvalue weighted by molar-refractivity contribution is -0.143.